The van der Waals surface area contributed by atoms with Crippen molar-refractivity contribution in [2.75, 3.05) is 12.4 Å². The molecule has 0 aliphatic carbocycles. The van der Waals surface area contributed by atoms with Gasteiger partial charge in [0.1, 0.15) is 12.0 Å². The number of primary amides is 1. The van der Waals surface area contributed by atoms with Crippen LogP contribution in [0.15, 0.2) is 48.8 Å². The molecule has 3 rings (SSSR count). The van der Waals surface area contributed by atoms with Gasteiger partial charge in [-0.15, -0.1) is 0 Å². The molecule has 0 fully saturated rings. The van der Waals surface area contributed by atoms with Gasteiger partial charge < -0.3 is 16.4 Å². The monoisotopic (exact) mass is 465 g/mol. The molecule has 0 radical (unpaired) electrons. The molecule has 2 aromatic carbocycles. The van der Waals surface area contributed by atoms with Gasteiger partial charge in [0.05, 0.1) is 16.1 Å². The van der Waals surface area contributed by atoms with E-state index in [0.29, 0.717) is 5.69 Å². The minimum atomic E-state index is -4.70. The summed E-state index contributed by atoms with van der Waals surface area (Å²) in [5.41, 5.74) is 4.27. The van der Waals surface area contributed by atoms with Gasteiger partial charge in [-0.05, 0) is 36.4 Å². The Labute approximate surface area is 184 Å². The minimum Gasteiger partial charge on any atom is -0.364 e. The predicted molar refractivity (Wildman–Crippen MR) is 110 cm³/mol. The highest BCUT2D eigenvalue weighted by molar-refractivity contribution is 6.35. The van der Waals surface area contributed by atoms with Crippen molar-refractivity contribution in [3.05, 3.63) is 76.3 Å². The molecule has 1 aromatic heterocycles. The van der Waals surface area contributed by atoms with Crippen LogP contribution in [0.25, 0.3) is 5.69 Å². The van der Waals surface area contributed by atoms with E-state index in [1.54, 1.807) is 0 Å². The van der Waals surface area contributed by atoms with Crippen LogP contribution in [0.4, 0.5) is 18.9 Å². The van der Waals surface area contributed by atoms with Gasteiger partial charge in [-0.3, -0.25) is 19.0 Å². The summed E-state index contributed by atoms with van der Waals surface area (Å²) >= 11 is 5.78. The number of nitrogens with zero attached hydrogens (tertiary/aromatic N) is 2. The predicted octanol–water partition coefficient (Wildman–Crippen LogP) is 3.26. The van der Waals surface area contributed by atoms with Crippen LogP contribution >= 0.6 is 11.6 Å². The number of carbonyl (C=O) groups excluding carboxylic acids is 3. The molecule has 0 aliphatic heterocycles. The van der Waals surface area contributed by atoms with Crippen LogP contribution in [0.5, 0.6) is 0 Å². The lowest BCUT2D eigenvalue weighted by molar-refractivity contribution is -0.137. The smallest absolute Gasteiger partial charge is 0.364 e. The number of hydrogen-bond acceptors (Lipinski definition) is 4. The Morgan fingerprint density at radius 1 is 1.06 bits per heavy atom. The van der Waals surface area contributed by atoms with Crippen LogP contribution in [-0.4, -0.2) is 34.3 Å². The summed E-state index contributed by atoms with van der Waals surface area (Å²) in [6, 6.07) is 8.91. The van der Waals surface area contributed by atoms with Crippen molar-refractivity contribution in [2.45, 2.75) is 6.18 Å². The van der Waals surface area contributed by atoms with E-state index in [1.165, 1.54) is 48.3 Å². The van der Waals surface area contributed by atoms with Crippen molar-refractivity contribution in [3.8, 4) is 5.69 Å². The fourth-order valence-electron chi connectivity index (χ4n) is 2.89. The highest BCUT2D eigenvalue weighted by atomic mass is 35.5. The summed E-state index contributed by atoms with van der Waals surface area (Å²) in [7, 11) is 1.38. The van der Waals surface area contributed by atoms with E-state index in [4.69, 9.17) is 17.3 Å². The fourth-order valence-corrected chi connectivity index (χ4v) is 3.21. The topological polar surface area (TPSA) is 119 Å². The molecule has 166 valence electrons. The lowest BCUT2D eigenvalue weighted by Crippen LogP contribution is -2.25. The van der Waals surface area contributed by atoms with Gasteiger partial charge in [0.25, 0.3) is 17.7 Å². The van der Waals surface area contributed by atoms with E-state index in [0.717, 1.165) is 12.1 Å². The van der Waals surface area contributed by atoms with E-state index >= 15 is 0 Å². The summed E-state index contributed by atoms with van der Waals surface area (Å²) in [5, 5.41) is 4.10. The number of rotatable bonds is 5. The van der Waals surface area contributed by atoms with Crippen LogP contribution < -0.4 is 16.4 Å². The zero-order chi connectivity index (χ0) is 23.6. The molecule has 0 saturated heterocycles. The molecule has 0 spiro atoms. The maximum absolute atomic E-state index is 13.0. The second kappa shape index (κ2) is 8.71. The number of nitrogens with one attached hydrogen (secondary N) is 2. The van der Waals surface area contributed by atoms with Crippen LogP contribution in [0.1, 0.15) is 36.9 Å². The number of imidazole rings is 1. The van der Waals surface area contributed by atoms with Crippen LogP contribution in [0.3, 0.4) is 0 Å². The molecule has 1 heterocycles. The Morgan fingerprint density at radius 3 is 2.28 bits per heavy atom. The number of amides is 3. The van der Waals surface area contributed by atoms with Gasteiger partial charge in [0, 0.05) is 18.4 Å². The van der Waals surface area contributed by atoms with Crippen molar-refractivity contribution in [3.63, 3.8) is 0 Å². The second-order valence-corrected chi connectivity index (χ2v) is 6.80. The van der Waals surface area contributed by atoms with Crippen molar-refractivity contribution < 1.29 is 27.6 Å². The van der Waals surface area contributed by atoms with Gasteiger partial charge in [-0.1, -0.05) is 17.7 Å². The quantitative estimate of drug-likeness (QED) is 0.535. The average molecular weight is 466 g/mol. The van der Waals surface area contributed by atoms with Gasteiger partial charge in [-0.2, -0.15) is 13.2 Å². The SMILES string of the molecule is CNC(=O)c1ncn(-c2ccc(NC(=O)c3cccc(C(F)(F)F)c3Cl)cc2)c1C(N)=O. The highest BCUT2D eigenvalue weighted by Gasteiger charge is 2.34. The lowest BCUT2D eigenvalue weighted by atomic mass is 10.1. The molecule has 32 heavy (non-hydrogen) atoms. The van der Waals surface area contributed by atoms with E-state index in [2.05, 4.69) is 15.6 Å². The van der Waals surface area contributed by atoms with Crippen LogP contribution in [0, 0.1) is 0 Å². The number of carbonyl (C=O) groups is 3. The number of alkyl halides is 3. The Balaban J connectivity index is 1.87. The molecule has 0 unspecified atom stereocenters. The zero-order valence-electron chi connectivity index (χ0n) is 16.3. The summed E-state index contributed by atoms with van der Waals surface area (Å²) in [5.74, 6) is -2.31. The normalized spacial score (nSPS) is 11.2. The van der Waals surface area contributed by atoms with E-state index in [-0.39, 0.29) is 22.6 Å². The van der Waals surface area contributed by atoms with Crippen LogP contribution in [-0.2, 0) is 6.18 Å². The van der Waals surface area contributed by atoms with Crippen molar-refractivity contribution in [1.29, 1.82) is 0 Å². The van der Waals surface area contributed by atoms with E-state index < -0.39 is 34.5 Å². The third-order valence-electron chi connectivity index (χ3n) is 4.40. The second-order valence-electron chi connectivity index (χ2n) is 6.42. The number of anilines is 1. The molecule has 3 aromatic rings. The number of aromatic nitrogens is 2. The van der Waals surface area contributed by atoms with Crippen molar-refractivity contribution >= 4 is 35.0 Å². The molecule has 0 bridgehead atoms. The largest absolute Gasteiger partial charge is 0.417 e. The average Bonchev–Trinajstić information content (AvgIpc) is 3.18. The van der Waals surface area contributed by atoms with Gasteiger partial charge >= 0.3 is 6.18 Å². The molecule has 12 heteroatoms. The Bertz CT molecular complexity index is 1210. The first-order valence-electron chi connectivity index (χ1n) is 8.91. The van der Waals surface area contributed by atoms with E-state index in [9.17, 15) is 27.6 Å². The molecule has 8 nitrogen and oxygen atoms in total. The Morgan fingerprint density at radius 2 is 1.72 bits per heavy atom. The molecule has 3 amide bonds. The first kappa shape index (κ1) is 22.8. The third kappa shape index (κ3) is 4.42. The van der Waals surface area contributed by atoms with Crippen molar-refractivity contribution in [1.82, 2.24) is 14.9 Å². The minimum absolute atomic E-state index is 0.142. The summed E-state index contributed by atoms with van der Waals surface area (Å²) in [6.07, 6.45) is -3.47. The summed E-state index contributed by atoms with van der Waals surface area (Å²) in [6.45, 7) is 0. The lowest BCUT2D eigenvalue weighted by Gasteiger charge is -2.13. The maximum atomic E-state index is 13.0. The Kier molecular flexibility index (Phi) is 6.21. The fraction of sp³-hybridized carbons (Fsp3) is 0.100. The summed E-state index contributed by atoms with van der Waals surface area (Å²) in [4.78, 5) is 40.1. The van der Waals surface area contributed by atoms with Gasteiger partial charge in [0.2, 0.25) is 0 Å². The molecular formula is C20H15ClF3N5O3. The third-order valence-corrected chi connectivity index (χ3v) is 4.80. The molecular weight excluding hydrogens is 451 g/mol. The van der Waals surface area contributed by atoms with Gasteiger partial charge in [-0.25, -0.2) is 4.98 Å². The molecule has 0 saturated carbocycles. The number of nitrogens with two attached hydrogens (primary N) is 1. The molecule has 4 N–H and O–H groups in total. The first-order chi connectivity index (χ1) is 15.0. The molecule has 0 aliphatic rings. The summed E-state index contributed by atoms with van der Waals surface area (Å²) < 4.78 is 40.3. The first-order valence-corrected chi connectivity index (χ1v) is 9.29. The number of halogens is 4. The highest BCUT2D eigenvalue weighted by Crippen LogP contribution is 2.36. The standard InChI is InChI=1S/C20H15ClF3N5O3/c1-26-19(32)15-16(17(25)30)29(9-27-15)11-7-5-10(6-8-11)28-18(31)12-3-2-4-13(14(12)21)20(22,23)24/h2-9H,1H3,(H2,25,30)(H,26,32)(H,28,31). The number of hydrogen-bond donors (Lipinski definition) is 3. The number of benzene rings is 2. The van der Waals surface area contributed by atoms with Crippen molar-refractivity contribution in [2.24, 2.45) is 5.73 Å². The molecule has 0 atom stereocenters. The maximum Gasteiger partial charge on any atom is 0.417 e. The Hall–Kier alpha value is -3.86. The van der Waals surface area contributed by atoms with Crippen LogP contribution in [0.2, 0.25) is 5.02 Å². The van der Waals surface area contributed by atoms with Gasteiger partial charge in [0.15, 0.2) is 5.69 Å². The van der Waals surface area contributed by atoms with E-state index in [1.807, 2.05) is 0 Å². The zero-order valence-corrected chi connectivity index (χ0v) is 17.1.